The minimum atomic E-state index is -0.111. The van der Waals surface area contributed by atoms with Crippen molar-refractivity contribution in [3.05, 3.63) is 0 Å². The Morgan fingerprint density at radius 1 is 1.75 bits per heavy atom. The second kappa shape index (κ2) is 8.83. The van der Waals surface area contributed by atoms with Gasteiger partial charge >= 0.3 is 0 Å². The molecule has 0 aromatic carbocycles. The molecule has 0 bridgehead atoms. The van der Waals surface area contributed by atoms with Crippen molar-refractivity contribution >= 4 is 17.4 Å². The largest absolute Gasteiger partial charge is 0.500 e. The third kappa shape index (κ3) is 9.98. The molecular weight excluding hydrogens is 129 g/mol. The maximum atomic E-state index is 7.51. The van der Waals surface area contributed by atoms with E-state index in [0.29, 0.717) is 0 Å². The Hall–Kier alpha value is 1.40. The first-order valence-electron chi connectivity index (χ1n) is 0.474. The van der Waals surface area contributed by atoms with E-state index >= 15 is 0 Å². The van der Waals surface area contributed by atoms with Gasteiger partial charge in [0.15, 0.2) is 0 Å². The molecule has 1 radical (unpaired) electrons. The summed E-state index contributed by atoms with van der Waals surface area (Å²) in [6.07, 6.45) is 0. The van der Waals surface area contributed by atoms with Crippen molar-refractivity contribution in [1.29, 1.82) is 0 Å². The summed E-state index contributed by atoms with van der Waals surface area (Å²) in [6.45, 7) is 0. The summed E-state index contributed by atoms with van der Waals surface area (Å²) in [4.78, 5) is 7.51. The van der Waals surface area contributed by atoms with Crippen molar-refractivity contribution in [1.82, 2.24) is 0 Å². The van der Waals surface area contributed by atoms with Gasteiger partial charge in [0.25, 0.3) is 0 Å². The van der Waals surface area contributed by atoms with Gasteiger partial charge in [-0.2, -0.15) is 8.50 Å². The average molecular weight is 132 g/mol. The van der Waals surface area contributed by atoms with Gasteiger partial charge in [-0.05, 0) is 0 Å². The Kier molecular flexibility index (Phi) is 20.0. The van der Waals surface area contributed by atoms with Gasteiger partial charge in [-0.3, -0.25) is 0 Å². The van der Waals surface area contributed by atoms with E-state index in [0.717, 1.165) is 0 Å². The molecule has 4 heteroatoms. The first kappa shape index (κ1) is 9.05. The SMILES string of the molecule is OP[PH-].[V]. The van der Waals surface area contributed by atoms with Gasteiger partial charge in [-0.1, -0.05) is 0 Å². The van der Waals surface area contributed by atoms with Crippen LogP contribution in [0.1, 0.15) is 0 Å². The van der Waals surface area contributed by atoms with E-state index in [9.17, 15) is 0 Å². The molecule has 25 valence electrons. The molecule has 1 N–H and O–H groups in total. The summed E-state index contributed by atoms with van der Waals surface area (Å²) in [7, 11) is 2.66. The maximum Gasteiger partial charge on any atom is 0 e. The molecular formula is H3OP2V-. The molecule has 0 saturated heterocycles. The topological polar surface area (TPSA) is 20.2 Å². The second-order valence-electron chi connectivity index (χ2n) is 0.112. The van der Waals surface area contributed by atoms with Gasteiger partial charge in [-0.15, -0.1) is 0 Å². The molecule has 0 amide bonds. The minimum Gasteiger partial charge on any atom is -0.500 e. The molecule has 0 aliphatic heterocycles. The molecule has 0 aromatic heterocycles. The van der Waals surface area contributed by atoms with Crippen LogP contribution < -0.4 is 0 Å². The molecule has 0 aromatic rings. The standard InChI is InChI=1S/H3OP2.V/c1-3-2;/h1-3H;/q-1;. The van der Waals surface area contributed by atoms with E-state index < -0.39 is 0 Å². The van der Waals surface area contributed by atoms with Gasteiger partial charge < -0.3 is 13.8 Å². The van der Waals surface area contributed by atoms with Crippen molar-refractivity contribution in [2.45, 2.75) is 0 Å². The van der Waals surface area contributed by atoms with Crippen molar-refractivity contribution in [3.63, 3.8) is 0 Å². The predicted octanol–water partition coefficient (Wildman–Crippen LogP) is 0.627. The van der Waals surface area contributed by atoms with Crippen LogP contribution in [0.15, 0.2) is 0 Å². The zero-order chi connectivity index (χ0) is 2.71. The second-order valence-corrected chi connectivity index (χ2v) is 1.01. The molecule has 0 aliphatic rings. The van der Waals surface area contributed by atoms with E-state index in [4.69, 9.17) is 4.89 Å². The van der Waals surface area contributed by atoms with Crippen LogP contribution in [0.25, 0.3) is 0 Å². The van der Waals surface area contributed by atoms with Crippen LogP contribution in [0.3, 0.4) is 0 Å². The molecule has 0 fully saturated rings. The third-order valence-electron chi connectivity index (χ3n) is 0. The van der Waals surface area contributed by atoms with Crippen LogP contribution in [0.2, 0.25) is 0 Å². The van der Waals surface area contributed by atoms with E-state index in [1.807, 2.05) is 0 Å². The summed E-state index contributed by atoms with van der Waals surface area (Å²) < 4.78 is 0. The number of hydrogen-bond acceptors (Lipinski definition) is 1. The van der Waals surface area contributed by atoms with Crippen LogP contribution in [0, 0.1) is 0 Å². The molecule has 4 heavy (non-hydrogen) atoms. The minimum absolute atomic E-state index is 0. The molecule has 0 saturated carbocycles. The van der Waals surface area contributed by atoms with Crippen LogP contribution in [0.5, 0.6) is 0 Å². The van der Waals surface area contributed by atoms with E-state index in [-0.39, 0.29) is 27.1 Å². The Balaban J connectivity index is 0. The van der Waals surface area contributed by atoms with Gasteiger partial charge in [0.1, 0.15) is 0 Å². The van der Waals surface area contributed by atoms with Crippen LogP contribution in [-0.4, -0.2) is 4.89 Å². The third-order valence-corrected chi connectivity index (χ3v) is 0. The fraction of sp³-hybridized carbons (Fsp3) is 0. The first-order chi connectivity index (χ1) is 1.41. The van der Waals surface area contributed by atoms with E-state index in [1.54, 1.807) is 0 Å². The van der Waals surface area contributed by atoms with Crippen molar-refractivity contribution in [2.24, 2.45) is 0 Å². The Morgan fingerprint density at radius 3 is 1.75 bits per heavy atom. The predicted molar refractivity (Wildman–Crippen MR) is 18.8 cm³/mol. The Labute approximate surface area is 41.4 Å². The molecule has 0 spiro atoms. The number of rotatable bonds is 0. The van der Waals surface area contributed by atoms with Crippen LogP contribution in [0.4, 0.5) is 0 Å². The Bertz CT molecular complexity index is 6.00. The van der Waals surface area contributed by atoms with Crippen LogP contribution in [-0.2, 0) is 18.6 Å². The quantitative estimate of drug-likeness (QED) is 0.479. The molecule has 0 aliphatic carbocycles. The monoisotopic (exact) mass is 132 g/mol. The normalized spacial score (nSPS) is 7.50. The van der Waals surface area contributed by atoms with Gasteiger partial charge in [0.05, 0.1) is 0 Å². The summed E-state index contributed by atoms with van der Waals surface area (Å²) >= 11 is 0. The van der Waals surface area contributed by atoms with E-state index in [2.05, 4.69) is 8.93 Å². The fourth-order valence-corrected chi connectivity index (χ4v) is 0. The van der Waals surface area contributed by atoms with E-state index in [1.165, 1.54) is 0 Å². The van der Waals surface area contributed by atoms with Gasteiger partial charge in [0.2, 0.25) is 0 Å². The van der Waals surface area contributed by atoms with Crippen molar-refractivity contribution in [2.75, 3.05) is 0 Å². The van der Waals surface area contributed by atoms with Crippen LogP contribution >= 0.6 is 17.4 Å². The summed E-state index contributed by atoms with van der Waals surface area (Å²) in [5.41, 5.74) is 0. The summed E-state index contributed by atoms with van der Waals surface area (Å²) in [6, 6.07) is 0. The van der Waals surface area contributed by atoms with Gasteiger partial charge in [0, 0.05) is 18.6 Å². The first-order valence-corrected chi connectivity index (χ1v) is 2.92. The molecule has 1 atom stereocenters. The maximum absolute atomic E-state index is 7.51. The average Bonchev–Trinajstić information content (AvgIpc) is 0.918. The molecule has 0 rings (SSSR count). The molecule has 1 nitrogen and oxygen atoms in total. The fourth-order valence-electron chi connectivity index (χ4n) is 0. The molecule has 0 heterocycles. The summed E-state index contributed by atoms with van der Waals surface area (Å²) in [5.74, 6) is 0. The smallest absolute Gasteiger partial charge is 0 e. The summed E-state index contributed by atoms with van der Waals surface area (Å²) in [5, 5.41) is 0. The molecule has 1 unspecified atom stereocenters. The number of hydrogen-bond donors (Lipinski definition) is 1. The Morgan fingerprint density at radius 2 is 1.75 bits per heavy atom. The van der Waals surface area contributed by atoms with Gasteiger partial charge in [-0.25, -0.2) is 0 Å². The van der Waals surface area contributed by atoms with Crippen molar-refractivity contribution in [3.8, 4) is 0 Å². The zero-order valence-electron chi connectivity index (χ0n) is 1.89. The van der Waals surface area contributed by atoms with Crippen molar-refractivity contribution < 1.29 is 23.4 Å². The zero-order valence-corrected chi connectivity index (χ0v) is 5.29.